The summed E-state index contributed by atoms with van der Waals surface area (Å²) in [6, 6.07) is 0.964. The van der Waals surface area contributed by atoms with E-state index in [0.29, 0.717) is 12.1 Å². The molecule has 0 radical (unpaired) electrons. The lowest BCUT2D eigenvalue weighted by molar-refractivity contribution is 0.307. The van der Waals surface area contributed by atoms with Crippen LogP contribution in [0.4, 0.5) is 0 Å². The monoisotopic (exact) mass is 262 g/mol. The van der Waals surface area contributed by atoms with E-state index in [-0.39, 0.29) is 0 Å². The predicted octanol–water partition coefficient (Wildman–Crippen LogP) is 3.70. The maximum Gasteiger partial charge on any atom is 0.110 e. The van der Waals surface area contributed by atoms with Gasteiger partial charge in [-0.05, 0) is 51.4 Å². The molecule has 3 heteroatoms. The van der Waals surface area contributed by atoms with Crippen LogP contribution in [-0.4, -0.2) is 11.0 Å². The highest BCUT2D eigenvalue weighted by molar-refractivity contribution is 7.09. The number of hydrogen-bond donors (Lipinski definition) is 1. The molecular weight excluding hydrogens is 240 g/mol. The Labute approximate surface area is 114 Å². The fourth-order valence-corrected chi connectivity index (χ4v) is 4.37. The maximum atomic E-state index is 4.58. The number of hydrogen-bond acceptors (Lipinski definition) is 3. The van der Waals surface area contributed by atoms with Gasteiger partial charge in [-0.2, -0.15) is 0 Å². The van der Waals surface area contributed by atoms with Crippen molar-refractivity contribution in [3.8, 4) is 0 Å². The molecule has 0 saturated heterocycles. The van der Waals surface area contributed by atoms with E-state index in [4.69, 9.17) is 0 Å². The second kappa shape index (κ2) is 4.78. The summed E-state index contributed by atoms with van der Waals surface area (Å²) in [5.41, 5.74) is 1.14. The van der Waals surface area contributed by atoms with Crippen molar-refractivity contribution in [3.63, 3.8) is 0 Å². The molecule has 2 aliphatic carbocycles. The number of nitrogens with one attached hydrogen (secondary N) is 1. The predicted molar refractivity (Wildman–Crippen MR) is 76.7 cm³/mol. The normalized spacial score (nSPS) is 32.9. The molecule has 0 aromatic carbocycles. The second-order valence-corrected chi connectivity index (χ2v) is 6.84. The smallest absolute Gasteiger partial charge is 0.110 e. The van der Waals surface area contributed by atoms with Gasteiger partial charge in [-0.3, -0.25) is 0 Å². The molecule has 0 amide bonds. The lowest BCUT2D eigenvalue weighted by Crippen LogP contribution is -2.37. The summed E-state index contributed by atoms with van der Waals surface area (Å²) < 4.78 is 0. The van der Waals surface area contributed by atoms with Crippen molar-refractivity contribution in [2.75, 3.05) is 0 Å². The first-order valence-corrected chi connectivity index (χ1v) is 7.88. The number of fused-ring (bicyclic) bond motifs is 2. The van der Waals surface area contributed by atoms with E-state index >= 15 is 0 Å². The molecule has 1 saturated carbocycles. The van der Waals surface area contributed by atoms with Gasteiger partial charge in [0.25, 0.3) is 0 Å². The van der Waals surface area contributed by atoms with E-state index in [1.54, 1.807) is 11.3 Å². The molecule has 18 heavy (non-hydrogen) atoms. The molecule has 2 bridgehead atoms. The number of nitrogens with zero attached hydrogens (tertiary/aromatic N) is 1. The van der Waals surface area contributed by atoms with Gasteiger partial charge in [-0.15, -0.1) is 11.3 Å². The van der Waals surface area contributed by atoms with E-state index in [9.17, 15) is 0 Å². The van der Waals surface area contributed by atoms with Crippen LogP contribution in [0, 0.1) is 24.7 Å². The summed E-state index contributed by atoms with van der Waals surface area (Å²) in [4.78, 5) is 4.58. The Morgan fingerprint density at radius 2 is 2.17 bits per heavy atom. The zero-order chi connectivity index (χ0) is 12.7. The first kappa shape index (κ1) is 12.4. The van der Waals surface area contributed by atoms with E-state index < -0.39 is 0 Å². The Bertz CT molecular complexity index is 451. The highest BCUT2D eigenvalue weighted by atomic mass is 32.1. The number of aryl methyl sites for hydroxylation is 1. The third-order valence-corrected chi connectivity index (χ3v) is 5.64. The Hall–Kier alpha value is -0.670. The lowest BCUT2D eigenvalue weighted by Gasteiger charge is -2.28. The van der Waals surface area contributed by atoms with Gasteiger partial charge in [0.2, 0.25) is 0 Å². The molecule has 1 aromatic heterocycles. The Balaban J connectivity index is 1.61. The van der Waals surface area contributed by atoms with Crippen LogP contribution >= 0.6 is 11.3 Å². The molecule has 1 aromatic rings. The summed E-state index contributed by atoms with van der Waals surface area (Å²) in [7, 11) is 0. The van der Waals surface area contributed by atoms with Crippen LogP contribution < -0.4 is 5.32 Å². The fourth-order valence-electron chi connectivity index (χ4n) is 3.56. The van der Waals surface area contributed by atoms with Gasteiger partial charge in [0.1, 0.15) is 5.01 Å². The molecule has 0 aliphatic heterocycles. The van der Waals surface area contributed by atoms with Crippen molar-refractivity contribution in [1.29, 1.82) is 0 Å². The summed E-state index contributed by atoms with van der Waals surface area (Å²) >= 11 is 1.77. The number of thiazole rings is 1. The average Bonchev–Trinajstić information content (AvgIpc) is 3.03. The molecule has 5 atom stereocenters. The van der Waals surface area contributed by atoms with E-state index in [1.807, 2.05) is 0 Å². The molecule has 1 N–H and O–H groups in total. The first-order valence-electron chi connectivity index (χ1n) is 7.00. The third-order valence-electron chi connectivity index (χ3n) is 4.49. The number of rotatable bonds is 4. The Morgan fingerprint density at radius 1 is 1.33 bits per heavy atom. The quantitative estimate of drug-likeness (QED) is 0.837. The molecule has 0 spiro atoms. The first-order chi connectivity index (χ1) is 8.63. The number of aromatic nitrogens is 1. The van der Waals surface area contributed by atoms with Crippen LogP contribution in [0.2, 0.25) is 0 Å². The summed E-state index contributed by atoms with van der Waals surface area (Å²) in [6.45, 7) is 6.64. The highest BCUT2D eigenvalue weighted by Crippen LogP contribution is 2.45. The van der Waals surface area contributed by atoms with Crippen molar-refractivity contribution in [1.82, 2.24) is 10.3 Å². The molecule has 1 heterocycles. The summed E-state index contributed by atoms with van der Waals surface area (Å²) in [6.07, 6.45) is 7.62. The SMILES string of the molecule is Cc1csc(C(C)NC(C)C2CC3C=CC2C3)n1. The van der Waals surface area contributed by atoms with Crippen LogP contribution in [0.3, 0.4) is 0 Å². The minimum Gasteiger partial charge on any atom is -0.305 e. The molecule has 2 nitrogen and oxygen atoms in total. The van der Waals surface area contributed by atoms with Gasteiger partial charge in [0, 0.05) is 17.1 Å². The Kier molecular flexibility index (Phi) is 3.29. The zero-order valence-corrected chi connectivity index (χ0v) is 12.2. The van der Waals surface area contributed by atoms with Crippen molar-refractivity contribution in [2.45, 2.75) is 45.7 Å². The van der Waals surface area contributed by atoms with Gasteiger partial charge in [-0.25, -0.2) is 4.98 Å². The maximum absolute atomic E-state index is 4.58. The van der Waals surface area contributed by atoms with E-state index in [0.717, 1.165) is 23.4 Å². The summed E-state index contributed by atoms with van der Waals surface area (Å²) in [5.74, 6) is 2.51. The lowest BCUT2D eigenvalue weighted by atomic mass is 9.87. The van der Waals surface area contributed by atoms with E-state index in [2.05, 4.69) is 48.6 Å². The highest BCUT2D eigenvalue weighted by Gasteiger charge is 2.38. The van der Waals surface area contributed by atoms with Crippen molar-refractivity contribution >= 4 is 11.3 Å². The van der Waals surface area contributed by atoms with Crippen LogP contribution in [0.15, 0.2) is 17.5 Å². The molecule has 3 rings (SSSR count). The van der Waals surface area contributed by atoms with Gasteiger partial charge in [0.15, 0.2) is 0 Å². The minimum atomic E-state index is 0.377. The van der Waals surface area contributed by atoms with Crippen LogP contribution in [0.25, 0.3) is 0 Å². The largest absolute Gasteiger partial charge is 0.305 e. The average molecular weight is 262 g/mol. The topological polar surface area (TPSA) is 24.9 Å². The third kappa shape index (κ3) is 2.26. The molecule has 1 fully saturated rings. The molecule has 5 unspecified atom stereocenters. The van der Waals surface area contributed by atoms with Gasteiger partial charge >= 0.3 is 0 Å². The van der Waals surface area contributed by atoms with Crippen molar-refractivity contribution < 1.29 is 0 Å². The van der Waals surface area contributed by atoms with E-state index in [1.165, 1.54) is 17.8 Å². The van der Waals surface area contributed by atoms with Crippen LogP contribution in [0.1, 0.15) is 43.4 Å². The Morgan fingerprint density at radius 3 is 2.72 bits per heavy atom. The van der Waals surface area contributed by atoms with Crippen LogP contribution in [-0.2, 0) is 0 Å². The number of allylic oxidation sites excluding steroid dienone is 2. The molecular formula is C15H22N2S. The van der Waals surface area contributed by atoms with Crippen molar-refractivity contribution in [3.05, 3.63) is 28.2 Å². The zero-order valence-electron chi connectivity index (χ0n) is 11.4. The van der Waals surface area contributed by atoms with Gasteiger partial charge in [0.05, 0.1) is 6.04 Å². The van der Waals surface area contributed by atoms with Gasteiger partial charge in [-0.1, -0.05) is 12.2 Å². The van der Waals surface area contributed by atoms with Crippen LogP contribution in [0.5, 0.6) is 0 Å². The molecule has 98 valence electrons. The van der Waals surface area contributed by atoms with Crippen molar-refractivity contribution in [2.24, 2.45) is 17.8 Å². The second-order valence-electron chi connectivity index (χ2n) is 5.95. The fraction of sp³-hybridized carbons (Fsp3) is 0.667. The molecule has 2 aliphatic rings. The minimum absolute atomic E-state index is 0.377. The standard InChI is InChI=1S/C15H22N2S/c1-9-8-18-15(16-9)11(3)17-10(2)14-7-12-4-5-13(14)6-12/h4-5,8,10-14,17H,6-7H2,1-3H3. The van der Waals surface area contributed by atoms with Gasteiger partial charge < -0.3 is 5.32 Å². The summed E-state index contributed by atoms with van der Waals surface area (Å²) in [5, 5.41) is 7.11.